The number of allylic oxidation sites excluding steroid dienone is 3. The molecule has 1 aliphatic carbocycles. The van der Waals surface area contributed by atoms with E-state index in [1.54, 1.807) is 0 Å². The Morgan fingerprint density at radius 3 is 2.87 bits per heavy atom. The van der Waals surface area contributed by atoms with Gasteiger partial charge in [0.1, 0.15) is 0 Å². The van der Waals surface area contributed by atoms with Crippen LogP contribution in [0, 0.1) is 0 Å². The van der Waals surface area contributed by atoms with E-state index < -0.39 is 0 Å². The van der Waals surface area contributed by atoms with Crippen LogP contribution >= 0.6 is 0 Å². The van der Waals surface area contributed by atoms with Gasteiger partial charge in [-0.25, -0.2) is 0 Å². The molecule has 15 heavy (non-hydrogen) atoms. The summed E-state index contributed by atoms with van der Waals surface area (Å²) >= 11 is 0. The van der Waals surface area contributed by atoms with Gasteiger partial charge in [0.25, 0.3) is 0 Å². The Morgan fingerprint density at radius 2 is 2.00 bits per heavy atom. The van der Waals surface area contributed by atoms with Crippen molar-refractivity contribution < 1.29 is 0 Å². The maximum atomic E-state index is 2.44. The minimum atomic E-state index is 1.13. The van der Waals surface area contributed by atoms with Crippen LogP contribution in [0.4, 0.5) is 5.69 Å². The molecule has 2 aliphatic rings. The van der Waals surface area contributed by atoms with Crippen LogP contribution in [-0.4, -0.2) is 6.54 Å². The largest absolute Gasteiger partial charge is 0.341 e. The van der Waals surface area contributed by atoms with Gasteiger partial charge in [-0.3, -0.25) is 0 Å². The molecule has 1 aliphatic heterocycles. The number of rotatable bonds is 1. The van der Waals surface area contributed by atoms with E-state index in [1.807, 2.05) is 0 Å². The molecule has 3 rings (SSSR count). The highest BCUT2D eigenvalue weighted by atomic mass is 15.2. The summed E-state index contributed by atoms with van der Waals surface area (Å²) in [4.78, 5) is 2.44. The summed E-state index contributed by atoms with van der Waals surface area (Å²) in [5.41, 5.74) is 4.26. The van der Waals surface area contributed by atoms with Crippen molar-refractivity contribution in [1.82, 2.24) is 0 Å². The lowest BCUT2D eigenvalue weighted by molar-refractivity contribution is 0.925. The van der Waals surface area contributed by atoms with Crippen LogP contribution in [0.25, 0.3) is 0 Å². The zero-order valence-electron chi connectivity index (χ0n) is 8.82. The first-order valence-electron chi connectivity index (χ1n) is 5.67. The molecule has 1 heteroatoms. The second-order valence-electron chi connectivity index (χ2n) is 4.14. The molecule has 1 heterocycles. The van der Waals surface area contributed by atoms with Crippen LogP contribution in [0.5, 0.6) is 0 Å². The third kappa shape index (κ3) is 1.48. The van der Waals surface area contributed by atoms with Gasteiger partial charge in [0, 0.05) is 17.9 Å². The SMILES string of the molecule is C1=CC(N2CCc3ccccc32)=CCC1. The van der Waals surface area contributed by atoms with Crippen molar-refractivity contribution >= 4 is 5.69 Å². The van der Waals surface area contributed by atoms with Gasteiger partial charge in [-0.05, 0) is 37.0 Å². The molecular weight excluding hydrogens is 182 g/mol. The number of benzene rings is 1. The molecule has 1 aromatic carbocycles. The van der Waals surface area contributed by atoms with E-state index in [2.05, 4.69) is 47.4 Å². The Kier molecular flexibility index (Phi) is 2.09. The first-order chi connectivity index (χ1) is 7.45. The predicted molar refractivity (Wildman–Crippen MR) is 63.9 cm³/mol. The zero-order valence-corrected chi connectivity index (χ0v) is 8.82. The summed E-state index contributed by atoms with van der Waals surface area (Å²) in [6.45, 7) is 1.13. The van der Waals surface area contributed by atoms with Gasteiger partial charge in [-0.1, -0.05) is 30.4 Å². The fourth-order valence-corrected chi connectivity index (χ4v) is 2.41. The molecule has 0 radical (unpaired) electrons. The summed E-state index contributed by atoms with van der Waals surface area (Å²) in [6.07, 6.45) is 10.4. The Hall–Kier alpha value is -1.50. The fourth-order valence-electron chi connectivity index (χ4n) is 2.41. The summed E-state index contributed by atoms with van der Waals surface area (Å²) < 4.78 is 0. The molecule has 0 spiro atoms. The number of para-hydroxylation sites is 1. The molecule has 0 saturated carbocycles. The van der Waals surface area contributed by atoms with E-state index in [0.717, 1.165) is 6.54 Å². The van der Waals surface area contributed by atoms with Gasteiger partial charge < -0.3 is 4.90 Å². The van der Waals surface area contributed by atoms with Crippen LogP contribution in [0.1, 0.15) is 18.4 Å². The molecule has 0 bridgehead atoms. The van der Waals surface area contributed by atoms with Crippen LogP contribution in [-0.2, 0) is 6.42 Å². The highest BCUT2D eigenvalue weighted by Crippen LogP contribution is 2.31. The van der Waals surface area contributed by atoms with E-state index >= 15 is 0 Å². The minimum absolute atomic E-state index is 1.13. The van der Waals surface area contributed by atoms with Crippen LogP contribution in [0.2, 0.25) is 0 Å². The molecule has 0 aromatic heterocycles. The third-order valence-electron chi connectivity index (χ3n) is 3.17. The fraction of sp³-hybridized carbons (Fsp3) is 0.286. The maximum absolute atomic E-state index is 2.44. The molecule has 0 saturated heterocycles. The van der Waals surface area contributed by atoms with Crippen molar-refractivity contribution in [1.29, 1.82) is 0 Å². The summed E-state index contributed by atoms with van der Waals surface area (Å²) in [6, 6.07) is 8.73. The summed E-state index contributed by atoms with van der Waals surface area (Å²) in [5, 5.41) is 0. The minimum Gasteiger partial charge on any atom is -0.341 e. The second kappa shape index (κ2) is 3.58. The zero-order chi connectivity index (χ0) is 10.1. The number of hydrogen-bond donors (Lipinski definition) is 0. The number of nitrogens with zero attached hydrogens (tertiary/aromatic N) is 1. The number of anilines is 1. The van der Waals surface area contributed by atoms with Crippen molar-refractivity contribution in [2.24, 2.45) is 0 Å². The van der Waals surface area contributed by atoms with Gasteiger partial charge in [-0.15, -0.1) is 0 Å². The van der Waals surface area contributed by atoms with Crippen LogP contribution in [0.15, 0.2) is 48.2 Å². The monoisotopic (exact) mass is 197 g/mol. The topological polar surface area (TPSA) is 3.24 Å². The van der Waals surface area contributed by atoms with Gasteiger partial charge in [-0.2, -0.15) is 0 Å². The molecule has 1 aromatic rings. The third-order valence-corrected chi connectivity index (χ3v) is 3.17. The van der Waals surface area contributed by atoms with E-state index in [-0.39, 0.29) is 0 Å². The first-order valence-corrected chi connectivity index (χ1v) is 5.67. The lowest BCUT2D eigenvalue weighted by atomic mass is 10.1. The van der Waals surface area contributed by atoms with Gasteiger partial charge in [0.2, 0.25) is 0 Å². The molecule has 0 N–H and O–H groups in total. The normalized spacial score (nSPS) is 18.9. The molecule has 76 valence electrons. The molecule has 0 unspecified atom stereocenters. The smallest absolute Gasteiger partial charge is 0.0443 e. The highest BCUT2D eigenvalue weighted by Gasteiger charge is 2.20. The van der Waals surface area contributed by atoms with Crippen molar-refractivity contribution in [3.05, 3.63) is 53.8 Å². The molecule has 0 amide bonds. The van der Waals surface area contributed by atoms with E-state index in [1.165, 1.54) is 36.2 Å². The number of hydrogen-bond acceptors (Lipinski definition) is 1. The van der Waals surface area contributed by atoms with Crippen molar-refractivity contribution in [2.75, 3.05) is 11.4 Å². The highest BCUT2D eigenvalue weighted by molar-refractivity contribution is 5.63. The first kappa shape index (κ1) is 8.78. The Bertz CT molecular complexity index is 429. The molecule has 0 atom stereocenters. The quantitative estimate of drug-likeness (QED) is 0.667. The Morgan fingerprint density at radius 1 is 1.07 bits per heavy atom. The maximum Gasteiger partial charge on any atom is 0.0443 e. The van der Waals surface area contributed by atoms with E-state index in [4.69, 9.17) is 0 Å². The molecular formula is C14H15N. The van der Waals surface area contributed by atoms with Crippen molar-refractivity contribution in [3.8, 4) is 0 Å². The summed E-state index contributed by atoms with van der Waals surface area (Å²) in [7, 11) is 0. The van der Waals surface area contributed by atoms with Crippen LogP contribution in [0.3, 0.4) is 0 Å². The lowest BCUT2D eigenvalue weighted by Gasteiger charge is -2.22. The number of fused-ring (bicyclic) bond motifs is 1. The average molecular weight is 197 g/mol. The molecule has 1 nitrogen and oxygen atoms in total. The van der Waals surface area contributed by atoms with Gasteiger partial charge in [0.05, 0.1) is 0 Å². The van der Waals surface area contributed by atoms with E-state index in [0.29, 0.717) is 0 Å². The average Bonchev–Trinajstić information content (AvgIpc) is 2.74. The summed E-state index contributed by atoms with van der Waals surface area (Å²) in [5.74, 6) is 0. The second-order valence-corrected chi connectivity index (χ2v) is 4.14. The predicted octanol–water partition coefficient (Wildman–Crippen LogP) is 3.28. The Labute approximate surface area is 90.7 Å². The van der Waals surface area contributed by atoms with Gasteiger partial charge >= 0.3 is 0 Å². The molecule has 0 fully saturated rings. The standard InChI is InChI=1S/C14H15N/c1-2-7-13(8-3-1)15-11-10-12-6-4-5-9-14(12)15/h2,4-9H,1,3,10-11H2. The Balaban J connectivity index is 1.97. The van der Waals surface area contributed by atoms with Gasteiger partial charge in [0.15, 0.2) is 0 Å². The van der Waals surface area contributed by atoms with Crippen LogP contribution < -0.4 is 4.90 Å². The lowest BCUT2D eigenvalue weighted by Crippen LogP contribution is -2.19. The van der Waals surface area contributed by atoms with Crippen molar-refractivity contribution in [2.45, 2.75) is 19.3 Å². The van der Waals surface area contributed by atoms with E-state index in [9.17, 15) is 0 Å². The van der Waals surface area contributed by atoms with Crippen molar-refractivity contribution in [3.63, 3.8) is 0 Å².